The summed E-state index contributed by atoms with van der Waals surface area (Å²) in [5.41, 5.74) is 2.38. The van der Waals surface area contributed by atoms with E-state index < -0.39 is 5.97 Å². The zero-order valence-corrected chi connectivity index (χ0v) is 10.6. The molecule has 1 aromatic heterocycles. The van der Waals surface area contributed by atoms with E-state index in [1.165, 1.54) is 32.1 Å². The fourth-order valence-electron chi connectivity index (χ4n) is 2.97. The number of rotatable bonds is 3. The second kappa shape index (κ2) is 4.71. The molecule has 3 rings (SSSR count). The lowest BCUT2D eigenvalue weighted by Gasteiger charge is -2.21. The van der Waals surface area contributed by atoms with Crippen LogP contribution in [-0.4, -0.2) is 16.1 Å². The SMILES string of the molecule is O=C(O)c1ccc(C2CCCCC2)nc1C1CC1. The van der Waals surface area contributed by atoms with E-state index in [1.54, 1.807) is 6.07 Å². The van der Waals surface area contributed by atoms with E-state index in [9.17, 15) is 9.90 Å². The summed E-state index contributed by atoms with van der Waals surface area (Å²) in [5, 5.41) is 9.20. The second-order valence-corrected chi connectivity index (χ2v) is 5.58. The number of carbonyl (C=O) groups is 1. The van der Waals surface area contributed by atoms with Crippen LogP contribution in [0.2, 0.25) is 0 Å². The first-order valence-corrected chi connectivity index (χ1v) is 7.00. The molecule has 0 aliphatic heterocycles. The lowest BCUT2D eigenvalue weighted by Crippen LogP contribution is -2.11. The predicted octanol–water partition coefficient (Wildman–Crippen LogP) is 3.70. The molecule has 0 amide bonds. The first-order valence-electron chi connectivity index (χ1n) is 7.00. The number of carboxylic acids is 1. The van der Waals surface area contributed by atoms with Crippen molar-refractivity contribution < 1.29 is 9.90 Å². The van der Waals surface area contributed by atoms with Crippen LogP contribution >= 0.6 is 0 Å². The third-order valence-electron chi connectivity index (χ3n) is 4.16. The predicted molar refractivity (Wildman–Crippen MR) is 69.0 cm³/mol. The smallest absolute Gasteiger partial charge is 0.337 e. The highest BCUT2D eigenvalue weighted by Crippen LogP contribution is 2.42. The van der Waals surface area contributed by atoms with Gasteiger partial charge in [0.15, 0.2) is 0 Å². The van der Waals surface area contributed by atoms with Crippen molar-refractivity contribution in [2.24, 2.45) is 0 Å². The van der Waals surface area contributed by atoms with Gasteiger partial charge in [-0.15, -0.1) is 0 Å². The maximum Gasteiger partial charge on any atom is 0.337 e. The van der Waals surface area contributed by atoms with Gasteiger partial charge in [0.2, 0.25) is 0 Å². The van der Waals surface area contributed by atoms with Gasteiger partial charge in [0.05, 0.1) is 11.3 Å². The Bertz CT molecular complexity index is 460. The topological polar surface area (TPSA) is 50.2 Å². The second-order valence-electron chi connectivity index (χ2n) is 5.58. The van der Waals surface area contributed by atoms with Gasteiger partial charge in [0.1, 0.15) is 0 Å². The van der Waals surface area contributed by atoms with Gasteiger partial charge in [-0.25, -0.2) is 4.79 Å². The van der Waals surface area contributed by atoms with E-state index in [4.69, 9.17) is 4.98 Å². The zero-order chi connectivity index (χ0) is 12.5. The van der Waals surface area contributed by atoms with Crippen molar-refractivity contribution >= 4 is 5.97 Å². The molecule has 0 saturated heterocycles. The fourth-order valence-corrected chi connectivity index (χ4v) is 2.97. The summed E-state index contributed by atoms with van der Waals surface area (Å²) < 4.78 is 0. The highest BCUT2D eigenvalue weighted by molar-refractivity contribution is 5.89. The normalized spacial score (nSPS) is 20.9. The Hall–Kier alpha value is -1.38. The Kier molecular flexibility index (Phi) is 3.06. The highest BCUT2D eigenvalue weighted by atomic mass is 16.4. The summed E-state index contributed by atoms with van der Waals surface area (Å²) in [5.74, 6) is 0.123. The number of carboxylic acid groups (broad SMARTS) is 1. The molecule has 0 unspecified atom stereocenters. The minimum absolute atomic E-state index is 0.402. The molecule has 0 bridgehead atoms. The van der Waals surface area contributed by atoms with Crippen LogP contribution < -0.4 is 0 Å². The first kappa shape index (κ1) is 11.7. The van der Waals surface area contributed by atoms with Crippen molar-refractivity contribution in [3.05, 3.63) is 29.1 Å². The summed E-state index contributed by atoms with van der Waals surface area (Å²) >= 11 is 0. The molecule has 2 fully saturated rings. The van der Waals surface area contributed by atoms with Crippen molar-refractivity contribution in [3.63, 3.8) is 0 Å². The van der Waals surface area contributed by atoms with E-state index in [2.05, 4.69) is 0 Å². The van der Waals surface area contributed by atoms with Crippen LogP contribution in [0.25, 0.3) is 0 Å². The molecule has 1 heterocycles. The Balaban J connectivity index is 1.91. The molecular weight excluding hydrogens is 226 g/mol. The van der Waals surface area contributed by atoms with Gasteiger partial charge >= 0.3 is 5.97 Å². The van der Waals surface area contributed by atoms with Crippen LogP contribution in [0.1, 0.15) is 78.5 Å². The number of nitrogens with zero attached hydrogens (tertiary/aromatic N) is 1. The third-order valence-corrected chi connectivity index (χ3v) is 4.16. The highest BCUT2D eigenvalue weighted by Gasteiger charge is 2.30. The van der Waals surface area contributed by atoms with Crippen LogP contribution in [-0.2, 0) is 0 Å². The molecule has 1 aromatic rings. The number of hydrogen-bond acceptors (Lipinski definition) is 2. The van der Waals surface area contributed by atoms with Gasteiger partial charge in [-0.1, -0.05) is 19.3 Å². The fraction of sp³-hybridized carbons (Fsp3) is 0.600. The van der Waals surface area contributed by atoms with E-state index in [0.29, 0.717) is 17.4 Å². The van der Waals surface area contributed by atoms with Crippen LogP contribution in [0, 0.1) is 0 Å². The monoisotopic (exact) mass is 245 g/mol. The van der Waals surface area contributed by atoms with Gasteiger partial charge in [-0.2, -0.15) is 0 Å². The van der Waals surface area contributed by atoms with E-state index >= 15 is 0 Å². The van der Waals surface area contributed by atoms with E-state index in [1.807, 2.05) is 6.07 Å². The lowest BCUT2D eigenvalue weighted by molar-refractivity contribution is 0.0695. The molecule has 1 N–H and O–H groups in total. The molecule has 96 valence electrons. The minimum Gasteiger partial charge on any atom is -0.478 e. The molecule has 3 heteroatoms. The van der Waals surface area contributed by atoms with Crippen molar-refractivity contribution in [1.82, 2.24) is 4.98 Å². The van der Waals surface area contributed by atoms with Crippen LogP contribution in [0.15, 0.2) is 12.1 Å². The summed E-state index contributed by atoms with van der Waals surface area (Å²) in [6.07, 6.45) is 8.52. The molecule has 0 aromatic carbocycles. The molecule has 0 atom stereocenters. The summed E-state index contributed by atoms with van der Waals surface area (Å²) in [4.78, 5) is 15.9. The third kappa shape index (κ3) is 2.26. The Morgan fingerprint density at radius 3 is 2.39 bits per heavy atom. The Morgan fingerprint density at radius 1 is 1.06 bits per heavy atom. The Morgan fingerprint density at radius 2 is 1.78 bits per heavy atom. The van der Waals surface area contributed by atoms with Crippen molar-refractivity contribution in [1.29, 1.82) is 0 Å². The summed E-state index contributed by atoms with van der Waals surface area (Å²) in [6.45, 7) is 0. The standard InChI is InChI=1S/C15H19NO2/c17-15(18)12-8-9-13(10-4-2-1-3-5-10)16-14(12)11-6-7-11/h8-11H,1-7H2,(H,17,18). The number of hydrogen-bond donors (Lipinski definition) is 1. The number of pyridine rings is 1. The quantitative estimate of drug-likeness (QED) is 0.883. The van der Waals surface area contributed by atoms with E-state index in [-0.39, 0.29) is 0 Å². The summed E-state index contributed by atoms with van der Waals surface area (Å²) in [6, 6.07) is 3.71. The maximum atomic E-state index is 11.2. The molecule has 2 aliphatic rings. The number of aromatic carboxylic acids is 1. The maximum absolute atomic E-state index is 11.2. The average Bonchev–Trinajstić information content (AvgIpc) is 3.23. The van der Waals surface area contributed by atoms with Crippen LogP contribution in [0.5, 0.6) is 0 Å². The lowest BCUT2D eigenvalue weighted by atomic mass is 9.86. The molecular formula is C15H19NO2. The Labute approximate surface area is 107 Å². The first-order chi connectivity index (χ1) is 8.75. The molecule has 18 heavy (non-hydrogen) atoms. The van der Waals surface area contributed by atoms with Crippen LogP contribution in [0.4, 0.5) is 0 Å². The van der Waals surface area contributed by atoms with Gasteiger partial charge in [0, 0.05) is 17.5 Å². The van der Waals surface area contributed by atoms with Crippen LogP contribution in [0.3, 0.4) is 0 Å². The van der Waals surface area contributed by atoms with Gasteiger partial charge in [0.25, 0.3) is 0 Å². The minimum atomic E-state index is -0.834. The van der Waals surface area contributed by atoms with Gasteiger partial charge < -0.3 is 5.11 Å². The largest absolute Gasteiger partial charge is 0.478 e. The van der Waals surface area contributed by atoms with Gasteiger partial charge in [-0.05, 0) is 37.8 Å². The van der Waals surface area contributed by atoms with Crippen molar-refractivity contribution in [2.75, 3.05) is 0 Å². The molecule has 0 radical (unpaired) electrons. The van der Waals surface area contributed by atoms with Crippen molar-refractivity contribution in [3.8, 4) is 0 Å². The molecule has 2 aliphatic carbocycles. The average molecular weight is 245 g/mol. The van der Waals surface area contributed by atoms with Crippen molar-refractivity contribution in [2.45, 2.75) is 56.8 Å². The van der Waals surface area contributed by atoms with E-state index in [0.717, 1.165) is 24.2 Å². The molecule has 0 spiro atoms. The number of aromatic nitrogens is 1. The zero-order valence-electron chi connectivity index (χ0n) is 10.6. The molecule has 3 nitrogen and oxygen atoms in total. The molecule has 2 saturated carbocycles. The van der Waals surface area contributed by atoms with Gasteiger partial charge in [-0.3, -0.25) is 4.98 Å². The summed E-state index contributed by atoms with van der Waals surface area (Å²) in [7, 11) is 0.